The third-order valence-electron chi connectivity index (χ3n) is 7.49. The number of carboxylic acid groups (broad SMARTS) is 1. The number of carbonyl (C=O) groups excluding carboxylic acids is 1. The minimum Gasteiger partial charge on any atom is -0.478 e. The highest BCUT2D eigenvalue weighted by molar-refractivity contribution is 5.87. The Morgan fingerprint density at radius 1 is 0.889 bits per heavy atom. The van der Waals surface area contributed by atoms with Gasteiger partial charge in [0.1, 0.15) is 5.69 Å². The fourth-order valence-corrected chi connectivity index (χ4v) is 5.21. The van der Waals surface area contributed by atoms with Crippen LogP contribution in [0.5, 0.6) is 0 Å². The van der Waals surface area contributed by atoms with Crippen molar-refractivity contribution in [1.82, 2.24) is 14.9 Å². The average Bonchev–Trinajstić information content (AvgIpc) is 3.07. The summed E-state index contributed by atoms with van der Waals surface area (Å²) in [6, 6.07) is 18.1. The SMILES string of the molecule is CN.COC(=O)c1cccc(CC2CCOCCOCCN(C(c3ccc(C(=O)O)cc3)c3cccc(C)n3)CCOCC2)n1. The number of aromatic nitrogens is 2. The molecular weight excluding hydrogens is 576 g/mol. The third-order valence-corrected chi connectivity index (χ3v) is 7.49. The van der Waals surface area contributed by atoms with Crippen molar-refractivity contribution in [2.24, 2.45) is 11.7 Å². The fourth-order valence-electron chi connectivity index (χ4n) is 5.21. The van der Waals surface area contributed by atoms with Crippen LogP contribution in [0.25, 0.3) is 0 Å². The van der Waals surface area contributed by atoms with Crippen LogP contribution in [0.3, 0.4) is 0 Å². The normalized spacial score (nSPS) is 17.9. The van der Waals surface area contributed by atoms with Gasteiger partial charge in [-0.1, -0.05) is 24.3 Å². The topological polar surface area (TPSA) is 146 Å². The van der Waals surface area contributed by atoms with Gasteiger partial charge in [-0.15, -0.1) is 0 Å². The number of nitrogens with zero attached hydrogens (tertiary/aromatic N) is 3. The summed E-state index contributed by atoms with van der Waals surface area (Å²) in [4.78, 5) is 35.0. The quantitative estimate of drug-likeness (QED) is 0.370. The van der Waals surface area contributed by atoms with E-state index in [9.17, 15) is 14.7 Å². The number of carboxylic acids is 1. The van der Waals surface area contributed by atoms with Crippen LogP contribution in [0.15, 0.2) is 60.7 Å². The van der Waals surface area contributed by atoms with Gasteiger partial charge >= 0.3 is 11.9 Å². The lowest BCUT2D eigenvalue weighted by atomic mass is 9.96. The Bertz CT molecular complexity index is 1320. The molecule has 1 aliphatic rings. The summed E-state index contributed by atoms with van der Waals surface area (Å²) >= 11 is 0. The van der Waals surface area contributed by atoms with Crippen molar-refractivity contribution in [1.29, 1.82) is 0 Å². The van der Waals surface area contributed by atoms with Crippen LogP contribution in [-0.4, -0.2) is 98.8 Å². The molecule has 45 heavy (non-hydrogen) atoms. The average molecular weight is 623 g/mol. The molecule has 1 saturated heterocycles. The number of carbonyl (C=O) groups is 2. The molecule has 1 aliphatic heterocycles. The first-order valence-electron chi connectivity index (χ1n) is 15.3. The Morgan fingerprint density at radius 3 is 2.13 bits per heavy atom. The molecule has 3 N–H and O–H groups in total. The van der Waals surface area contributed by atoms with Crippen LogP contribution in [0, 0.1) is 12.8 Å². The summed E-state index contributed by atoms with van der Waals surface area (Å²) in [6.07, 6.45) is 2.37. The molecule has 0 amide bonds. The molecule has 4 rings (SSSR count). The Morgan fingerprint density at radius 2 is 1.51 bits per heavy atom. The van der Waals surface area contributed by atoms with E-state index in [0.717, 1.165) is 35.5 Å². The lowest BCUT2D eigenvalue weighted by Crippen LogP contribution is -2.36. The molecule has 0 radical (unpaired) electrons. The van der Waals surface area contributed by atoms with Crippen LogP contribution < -0.4 is 5.73 Å². The first-order chi connectivity index (χ1) is 21.9. The number of hydrogen-bond acceptors (Lipinski definition) is 10. The van der Waals surface area contributed by atoms with E-state index in [1.807, 2.05) is 49.4 Å². The lowest BCUT2D eigenvalue weighted by molar-refractivity contribution is 0.0300. The number of rotatable bonds is 7. The molecule has 0 bridgehead atoms. The number of hydrogen-bond donors (Lipinski definition) is 2. The van der Waals surface area contributed by atoms with Gasteiger partial charge < -0.3 is 29.8 Å². The number of esters is 1. The molecule has 244 valence electrons. The molecule has 1 fully saturated rings. The maximum Gasteiger partial charge on any atom is 0.356 e. The number of benzene rings is 1. The van der Waals surface area contributed by atoms with Crippen molar-refractivity contribution in [2.75, 3.05) is 66.9 Å². The van der Waals surface area contributed by atoms with Crippen LogP contribution in [0.1, 0.15) is 62.4 Å². The summed E-state index contributed by atoms with van der Waals surface area (Å²) in [6.45, 7) is 6.40. The van der Waals surface area contributed by atoms with Gasteiger partial charge in [0.05, 0.1) is 50.8 Å². The lowest BCUT2D eigenvalue weighted by Gasteiger charge is -2.32. The summed E-state index contributed by atoms with van der Waals surface area (Å²) < 4.78 is 22.8. The van der Waals surface area contributed by atoms with Crippen molar-refractivity contribution >= 4 is 11.9 Å². The van der Waals surface area contributed by atoms with Crippen molar-refractivity contribution in [3.63, 3.8) is 0 Å². The Balaban J connectivity index is 0.00000271. The maximum absolute atomic E-state index is 11.9. The van der Waals surface area contributed by atoms with Crippen LogP contribution in [-0.2, 0) is 25.4 Å². The van der Waals surface area contributed by atoms with E-state index in [4.69, 9.17) is 23.9 Å². The number of nitrogens with two attached hydrogens (primary N) is 1. The zero-order chi connectivity index (χ0) is 32.4. The van der Waals surface area contributed by atoms with Gasteiger partial charge in [-0.3, -0.25) is 9.88 Å². The molecule has 2 aromatic heterocycles. The van der Waals surface area contributed by atoms with Crippen molar-refractivity contribution in [3.05, 3.63) is 94.6 Å². The molecule has 11 nitrogen and oxygen atoms in total. The second-order valence-corrected chi connectivity index (χ2v) is 10.6. The number of aromatic carboxylic acids is 1. The fraction of sp³-hybridized carbons (Fsp3) is 0.471. The van der Waals surface area contributed by atoms with Gasteiger partial charge in [0.2, 0.25) is 0 Å². The zero-order valence-corrected chi connectivity index (χ0v) is 26.5. The highest BCUT2D eigenvalue weighted by Crippen LogP contribution is 2.28. The van der Waals surface area contributed by atoms with Gasteiger partial charge in [0, 0.05) is 37.7 Å². The van der Waals surface area contributed by atoms with Crippen LogP contribution in [0.2, 0.25) is 0 Å². The van der Waals surface area contributed by atoms with Crippen molar-refractivity contribution in [2.45, 2.75) is 32.2 Å². The molecule has 0 aliphatic carbocycles. The summed E-state index contributed by atoms with van der Waals surface area (Å²) in [5.41, 5.74) is 8.62. The minimum absolute atomic E-state index is 0.206. The monoisotopic (exact) mass is 622 g/mol. The van der Waals surface area contributed by atoms with Crippen molar-refractivity contribution < 1.29 is 33.6 Å². The molecular formula is C34H46N4O7. The predicted molar refractivity (Wildman–Crippen MR) is 170 cm³/mol. The molecule has 0 saturated carbocycles. The molecule has 2 atom stereocenters. The first kappa shape index (κ1) is 35.7. The second-order valence-electron chi connectivity index (χ2n) is 10.6. The molecule has 3 aromatic rings. The Labute approximate surface area is 265 Å². The minimum atomic E-state index is -0.958. The smallest absolute Gasteiger partial charge is 0.356 e. The van der Waals surface area contributed by atoms with Gasteiger partial charge in [-0.2, -0.15) is 0 Å². The van der Waals surface area contributed by atoms with E-state index in [1.165, 1.54) is 14.2 Å². The van der Waals surface area contributed by atoms with E-state index in [1.54, 1.807) is 18.2 Å². The van der Waals surface area contributed by atoms with Gasteiger partial charge in [0.15, 0.2) is 0 Å². The number of methoxy groups -OCH3 is 1. The molecule has 3 heterocycles. The number of ether oxygens (including phenoxy) is 4. The van der Waals surface area contributed by atoms with E-state index in [-0.39, 0.29) is 17.5 Å². The molecule has 11 heteroatoms. The highest BCUT2D eigenvalue weighted by Gasteiger charge is 2.24. The maximum atomic E-state index is 11.9. The number of aryl methyl sites for hydroxylation is 1. The van der Waals surface area contributed by atoms with E-state index < -0.39 is 11.9 Å². The van der Waals surface area contributed by atoms with Gasteiger partial charge in [0.25, 0.3) is 0 Å². The zero-order valence-electron chi connectivity index (χ0n) is 26.5. The van der Waals surface area contributed by atoms with Gasteiger partial charge in [-0.05, 0) is 81.1 Å². The second kappa shape index (κ2) is 19.6. The first-order valence-corrected chi connectivity index (χ1v) is 15.3. The highest BCUT2D eigenvalue weighted by atomic mass is 16.5. The molecule has 0 spiro atoms. The number of pyridine rings is 2. The van der Waals surface area contributed by atoms with Crippen molar-refractivity contribution in [3.8, 4) is 0 Å². The van der Waals surface area contributed by atoms with Crippen LogP contribution in [0.4, 0.5) is 0 Å². The van der Waals surface area contributed by atoms with E-state index in [2.05, 4.69) is 15.6 Å². The molecule has 1 aromatic carbocycles. The predicted octanol–water partition coefficient (Wildman–Crippen LogP) is 3.94. The molecule has 2 unspecified atom stereocenters. The van der Waals surface area contributed by atoms with Gasteiger partial charge in [-0.25, -0.2) is 14.6 Å². The third kappa shape index (κ3) is 11.6. The Hall–Kier alpha value is -3.74. The standard InChI is InChI=1S/C33H41N3O7.CH5N/c1-24-5-3-7-29(34-24)31(26-9-11-27(12-10-26)32(37)38)36-15-19-41-17-13-25(14-18-42-21-22-43-20-16-36)23-28-6-4-8-30(35-28)33(39)40-2;1-2/h3-12,25,31H,13-23H2,1-2H3,(H,37,38);2H2,1H3. The largest absolute Gasteiger partial charge is 0.478 e. The summed E-state index contributed by atoms with van der Waals surface area (Å²) in [5.74, 6) is -1.14. The van der Waals surface area contributed by atoms with E-state index >= 15 is 0 Å². The summed E-state index contributed by atoms with van der Waals surface area (Å²) in [7, 11) is 2.85. The summed E-state index contributed by atoms with van der Waals surface area (Å²) in [5, 5.41) is 9.41. The Kier molecular flexibility index (Phi) is 15.6. The van der Waals surface area contributed by atoms with E-state index in [0.29, 0.717) is 64.8 Å². The van der Waals surface area contributed by atoms with Crippen LogP contribution >= 0.6 is 0 Å².